The summed E-state index contributed by atoms with van der Waals surface area (Å²) in [4.78, 5) is 2.42. The molecule has 2 N–H and O–H groups in total. The third-order valence-corrected chi connectivity index (χ3v) is 4.85. The fourth-order valence-electron chi connectivity index (χ4n) is 3.30. The van der Waals surface area contributed by atoms with Crippen molar-refractivity contribution in [3.8, 4) is 0 Å². The summed E-state index contributed by atoms with van der Waals surface area (Å²) in [5, 5.41) is 14.3. The zero-order valence-electron chi connectivity index (χ0n) is 14.7. The summed E-state index contributed by atoms with van der Waals surface area (Å²) in [6, 6.07) is 9.25. The van der Waals surface area contributed by atoms with Crippen LogP contribution in [0.2, 0.25) is 5.02 Å². The Balaban J connectivity index is 1.70. The SMILES string of the molecule is C[C@@H](CCCC(C)(C)O)NC1CCN(c2cccc(Cl)c2)CC1. The summed E-state index contributed by atoms with van der Waals surface area (Å²) < 4.78 is 0. The van der Waals surface area contributed by atoms with Crippen LogP contribution in [0, 0.1) is 0 Å². The molecule has 1 atom stereocenters. The lowest BCUT2D eigenvalue weighted by Crippen LogP contribution is -2.45. The topological polar surface area (TPSA) is 35.5 Å². The van der Waals surface area contributed by atoms with E-state index in [9.17, 15) is 5.11 Å². The van der Waals surface area contributed by atoms with E-state index >= 15 is 0 Å². The van der Waals surface area contributed by atoms with Gasteiger partial charge in [-0.25, -0.2) is 0 Å². The lowest BCUT2D eigenvalue weighted by Gasteiger charge is -2.35. The minimum atomic E-state index is -0.540. The van der Waals surface area contributed by atoms with Gasteiger partial charge in [-0.3, -0.25) is 0 Å². The largest absolute Gasteiger partial charge is 0.390 e. The number of anilines is 1. The zero-order chi connectivity index (χ0) is 16.9. The average molecular weight is 339 g/mol. The van der Waals surface area contributed by atoms with Gasteiger partial charge in [-0.15, -0.1) is 0 Å². The molecule has 0 saturated carbocycles. The standard InChI is InChI=1S/C19H31ClN2O/c1-15(6-5-11-19(2,3)23)21-17-9-12-22(13-10-17)18-8-4-7-16(20)14-18/h4,7-8,14-15,17,21,23H,5-6,9-13H2,1-3H3/t15-/m0/s1. The second-order valence-corrected chi connectivity index (χ2v) is 7.95. The number of halogens is 1. The molecule has 0 aromatic heterocycles. The maximum absolute atomic E-state index is 9.77. The van der Waals surface area contributed by atoms with Gasteiger partial charge in [-0.05, 0) is 71.1 Å². The van der Waals surface area contributed by atoms with Crippen molar-refractivity contribution in [2.75, 3.05) is 18.0 Å². The molecule has 2 rings (SSSR count). The summed E-state index contributed by atoms with van der Waals surface area (Å²) in [6.07, 6.45) is 5.40. The van der Waals surface area contributed by atoms with Gasteiger partial charge < -0.3 is 15.3 Å². The van der Waals surface area contributed by atoms with Gasteiger partial charge in [0, 0.05) is 35.9 Å². The van der Waals surface area contributed by atoms with Crippen LogP contribution in [0.4, 0.5) is 5.69 Å². The maximum Gasteiger partial charge on any atom is 0.0591 e. The van der Waals surface area contributed by atoms with Crippen LogP contribution in [0.15, 0.2) is 24.3 Å². The Kier molecular flexibility index (Phi) is 6.75. The smallest absolute Gasteiger partial charge is 0.0591 e. The molecule has 23 heavy (non-hydrogen) atoms. The quantitative estimate of drug-likeness (QED) is 0.781. The molecule has 1 aliphatic rings. The van der Waals surface area contributed by atoms with E-state index in [0.29, 0.717) is 12.1 Å². The number of hydrogen-bond donors (Lipinski definition) is 2. The Bertz CT molecular complexity index is 479. The Morgan fingerprint density at radius 2 is 2.04 bits per heavy atom. The molecular formula is C19H31ClN2O. The summed E-state index contributed by atoms with van der Waals surface area (Å²) in [5.41, 5.74) is 0.691. The third-order valence-electron chi connectivity index (χ3n) is 4.61. The number of aliphatic hydroxyl groups is 1. The highest BCUT2D eigenvalue weighted by atomic mass is 35.5. The molecule has 130 valence electrons. The van der Waals surface area contributed by atoms with Crippen molar-refractivity contribution in [3.63, 3.8) is 0 Å². The van der Waals surface area contributed by atoms with Crippen molar-refractivity contribution in [2.45, 2.75) is 70.6 Å². The molecule has 0 spiro atoms. The van der Waals surface area contributed by atoms with Crippen molar-refractivity contribution in [3.05, 3.63) is 29.3 Å². The van der Waals surface area contributed by atoms with Crippen molar-refractivity contribution in [1.29, 1.82) is 0 Å². The normalized spacial score (nSPS) is 18.2. The van der Waals surface area contributed by atoms with Crippen LogP contribution >= 0.6 is 11.6 Å². The number of benzene rings is 1. The lowest BCUT2D eigenvalue weighted by atomic mass is 9.98. The third kappa shape index (κ3) is 6.70. The predicted molar refractivity (Wildman–Crippen MR) is 99.4 cm³/mol. The maximum atomic E-state index is 9.77. The molecule has 1 aliphatic heterocycles. The van der Waals surface area contributed by atoms with E-state index in [0.717, 1.165) is 37.4 Å². The van der Waals surface area contributed by atoms with Gasteiger partial charge in [0.2, 0.25) is 0 Å². The summed E-state index contributed by atoms with van der Waals surface area (Å²) in [6.45, 7) is 8.18. The Labute approximate surface area is 146 Å². The molecular weight excluding hydrogens is 308 g/mol. The van der Waals surface area contributed by atoms with Crippen LogP contribution in [-0.2, 0) is 0 Å². The fourth-order valence-corrected chi connectivity index (χ4v) is 3.49. The van der Waals surface area contributed by atoms with Crippen molar-refractivity contribution in [1.82, 2.24) is 5.32 Å². The number of piperidine rings is 1. The van der Waals surface area contributed by atoms with Gasteiger partial charge in [0.15, 0.2) is 0 Å². The first kappa shape index (κ1) is 18.6. The molecule has 1 heterocycles. The molecule has 0 unspecified atom stereocenters. The number of nitrogens with zero attached hydrogens (tertiary/aromatic N) is 1. The van der Waals surface area contributed by atoms with Gasteiger partial charge >= 0.3 is 0 Å². The molecule has 0 aliphatic carbocycles. The first-order chi connectivity index (χ1) is 10.8. The van der Waals surface area contributed by atoms with E-state index in [1.165, 1.54) is 18.5 Å². The molecule has 1 saturated heterocycles. The van der Waals surface area contributed by atoms with Crippen LogP contribution in [0.5, 0.6) is 0 Å². The van der Waals surface area contributed by atoms with Crippen LogP contribution in [0.25, 0.3) is 0 Å². The highest BCUT2D eigenvalue weighted by Crippen LogP contribution is 2.23. The number of rotatable bonds is 7. The van der Waals surface area contributed by atoms with Gasteiger partial charge in [0.25, 0.3) is 0 Å². The van der Waals surface area contributed by atoms with Gasteiger partial charge in [0.05, 0.1) is 5.60 Å². The van der Waals surface area contributed by atoms with Crippen molar-refractivity contribution in [2.24, 2.45) is 0 Å². The van der Waals surface area contributed by atoms with E-state index < -0.39 is 5.60 Å². The predicted octanol–water partition coefficient (Wildman–Crippen LogP) is 4.23. The van der Waals surface area contributed by atoms with Crippen LogP contribution in [0.1, 0.15) is 52.9 Å². The van der Waals surface area contributed by atoms with Gasteiger partial charge in [0.1, 0.15) is 0 Å². The summed E-state index contributed by atoms with van der Waals surface area (Å²) >= 11 is 6.09. The van der Waals surface area contributed by atoms with Crippen LogP contribution in [0.3, 0.4) is 0 Å². The molecule has 1 aromatic carbocycles. The van der Waals surface area contributed by atoms with Crippen molar-refractivity contribution < 1.29 is 5.11 Å². The zero-order valence-corrected chi connectivity index (χ0v) is 15.4. The van der Waals surface area contributed by atoms with Crippen LogP contribution in [-0.4, -0.2) is 35.9 Å². The lowest BCUT2D eigenvalue weighted by molar-refractivity contribution is 0.0673. The molecule has 1 aromatic rings. The summed E-state index contributed by atoms with van der Waals surface area (Å²) in [5.74, 6) is 0. The van der Waals surface area contributed by atoms with E-state index in [2.05, 4.69) is 29.3 Å². The average Bonchev–Trinajstić information content (AvgIpc) is 2.46. The van der Waals surface area contributed by atoms with E-state index in [-0.39, 0.29) is 0 Å². The molecule has 1 fully saturated rings. The minimum absolute atomic E-state index is 0.514. The van der Waals surface area contributed by atoms with E-state index in [1.807, 2.05) is 26.0 Å². The first-order valence-corrected chi connectivity index (χ1v) is 9.20. The molecule has 0 radical (unpaired) electrons. The van der Waals surface area contributed by atoms with Crippen molar-refractivity contribution >= 4 is 17.3 Å². The number of nitrogens with one attached hydrogen (secondary N) is 1. The highest BCUT2D eigenvalue weighted by Gasteiger charge is 2.21. The van der Waals surface area contributed by atoms with Crippen LogP contribution < -0.4 is 10.2 Å². The molecule has 4 heteroatoms. The highest BCUT2D eigenvalue weighted by molar-refractivity contribution is 6.30. The van der Waals surface area contributed by atoms with E-state index in [1.54, 1.807) is 0 Å². The second kappa shape index (κ2) is 8.36. The Morgan fingerprint density at radius 1 is 1.35 bits per heavy atom. The molecule has 0 amide bonds. The molecule has 3 nitrogen and oxygen atoms in total. The second-order valence-electron chi connectivity index (χ2n) is 7.51. The monoisotopic (exact) mass is 338 g/mol. The number of hydrogen-bond acceptors (Lipinski definition) is 3. The van der Waals surface area contributed by atoms with Gasteiger partial charge in [-0.2, -0.15) is 0 Å². The Morgan fingerprint density at radius 3 is 2.65 bits per heavy atom. The minimum Gasteiger partial charge on any atom is -0.390 e. The Hall–Kier alpha value is -0.770. The first-order valence-electron chi connectivity index (χ1n) is 8.82. The van der Waals surface area contributed by atoms with Gasteiger partial charge in [-0.1, -0.05) is 17.7 Å². The van der Waals surface area contributed by atoms with E-state index in [4.69, 9.17) is 11.6 Å². The molecule has 0 bridgehead atoms. The summed E-state index contributed by atoms with van der Waals surface area (Å²) in [7, 11) is 0. The fraction of sp³-hybridized carbons (Fsp3) is 0.684.